The zero-order valence-corrected chi connectivity index (χ0v) is 12.9. The first-order valence-electron chi connectivity index (χ1n) is 6.02. The summed E-state index contributed by atoms with van der Waals surface area (Å²) in [7, 11) is 0. The zero-order valence-electron chi connectivity index (χ0n) is 10.6. The third-order valence-corrected chi connectivity index (χ3v) is 4.11. The van der Waals surface area contributed by atoms with E-state index >= 15 is 0 Å². The average molecular weight is 324 g/mol. The minimum Gasteiger partial charge on any atom is -0.117 e. The van der Waals surface area contributed by atoms with Gasteiger partial charge in [0, 0.05) is 4.47 Å². The Hall–Kier alpha value is -0.790. The quantitative estimate of drug-likeness (QED) is 0.646. The van der Waals surface area contributed by atoms with E-state index in [-0.39, 0.29) is 5.38 Å². The third-order valence-electron chi connectivity index (χ3n) is 3.03. The summed E-state index contributed by atoms with van der Waals surface area (Å²) in [6, 6.07) is 14.9. The SMILES string of the molecule is Cc1ccc(CC(Cl)c2ccc(C)cc2Br)cc1. The highest BCUT2D eigenvalue weighted by molar-refractivity contribution is 9.10. The maximum atomic E-state index is 6.51. The van der Waals surface area contributed by atoms with Crippen molar-refractivity contribution in [3.05, 3.63) is 69.2 Å². The molecule has 2 rings (SSSR count). The Bertz CT molecular complexity index is 531. The van der Waals surface area contributed by atoms with Crippen LogP contribution in [0.2, 0.25) is 0 Å². The molecular formula is C16H16BrCl. The minimum atomic E-state index is 0.00248. The number of rotatable bonds is 3. The average Bonchev–Trinajstić information content (AvgIpc) is 2.32. The van der Waals surface area contributed by atoms with Gasteiger partial charge in [-0.25, -0.2) is 0 Å². The second kappa shape index (κ2) is 5.90. The van der Waals surface area contributed by atoms with E-state index in [1.165, 1.54) is 16.7 Å². The van der Waals surface area contributed by atoms with E-state index in [9.17, 15) is 0 Å². The van der Waals surface area contributed by atoms with Gasteiger partial charge in [0.25, 0.3) is 0 Å². The molecule has 0 nitrogen and oxygen atoms in total. The molecule has 0 amide bonds. The molecule has 0 N–H and O–H groups in total. The van der Waals surface area contributed by atoms with Crippen LogP contribution in [0.5, 0.6) is 0 Å². The van der Waals surface area contributed by atoms with Gasteiger partial charge in [-0.05, 0) is 43.0 Å². The largest absolute Gasteiger partial charge is 0.117 e. The standard InChI is InChI=1S/C16H16BrCl/c1-11-3-6-13(7-4-11)10-16(18)14-8-5-12(2)9-15(14)17/h3-9,16H,10H2,1-2H3. The molecule has 0 bridgehead atoms. The van der Waals surface area contributed by atoms with Gasteiger partial charge < -0.3 is 0 Å². The van der Waals surface area contributed by atoms with Gasteiger partial charge in [-0.2, -0.15) is 0 Å². The highest BCUT2D eigenvalue weighted by Gasteiger charge is 2.12. The first-order chi connectivity index (χ1) is 8.56. The van der Waals surface area contributed by atoms with Crippen LogP contribution in [0.1, 0.15) is 27.6 Å². The van der Waals surface area contributed by atoms with Crippen molar-refractivity contribution in [1.82, 2.24) is 0 Å². The Balaban J connectivity index is 2.16. The molecule has 0 aliphatic heterocycles. The number of hydrogen-bond donors (Lipinski definition) is 0. The summed E-state index contributed by atoms with van der Waals surface area (Å²) in [6.45, 7) is 4.18. The van der Waals surface area contributed by atoms with Gasteiger partial charge >= 0.3 is 0 Å². The molecule has 1 atom stereocenters. The molecular weight excluding hydrogens is 308 g/mol. The van der Waals surface area contributed by atoms with Crippen molar-refractivity contribution >= 4 is 27.5 Å². The number of aryl methyl sites for hydroxylation is 2. The molecule has 0 heterocycles. The lowest BCUT2D eigenvalue weighted by atomic mass is 10.0. The highest BCUT2D eigenvalue weighted by atomic mass is 79.9. The van der Waals surface area contributed by atoms with Gasteiger partial charge in [0.1, 0.15) is 0 Å². The monoisotopic (exact) mass is 322 g/mol. The normalized spacial score (nSPS) is 12.4. The van der Waals surface area contributed by atoms with Gasteiger partial charge in [-0.1, -0.05) is 57.9 Å². The second-order valence-electron chi connectivity index (χ2n) is 4.68. The molecule has 2 aromatic carbocycles. The molecule has 0 aromatic heterocycles. The van der Waals surface area contributed by atoms with Crippen LogP contribution < -0.4 is 0 Å². The van der Waals surface area contributed by atoms with Crippen LogP contribution in [0.3, 0.4) is 0 Å². The Kier molecular flexibility index (Phi) is 4.47. The molecule has 94 valence electrons. The summed E-state index contributed by atoms with van der Waals surface area (Å²) in [5, 5.41) is 0.00248. The fraction of sp³-hybridized carbons (Fsp3) is 0.250. The predicted octanol–water partition coefficient (Wildman–Crippen LogP) is 5.59. The fourth-order valence-corrected chi connectivity index (χ4v) is 3.20. The van der Waals surface area contributed by atoms with Crippen LogP contribution >= 0.6 is 27.5 Å². The molecule has 0 radical (unpaired) electrons. The molecule has 0 aliphatic carbocycles. The summed E-state index contributed by atoms with van der Waals surface area (Å²) >= 11 is 10.1. The molecule has 0 saturated heterocycles. The number of halogens is 2. The molecule has 0 saturated carbocycles. The van der Waals surface area contributed by atoms with Gasteiger partial charge in [0.05, 0.1) is 5.38 Å². The van der Waals surface area contributed by atoms with Crippen LogP contribution in [0.25, 0.3) is 0 Å². The van der Waals surface area contributed by atoms with Crippen molar-refractivity contribution in [2.45, 2.75) is 25.6 Å². The lowest BCUT2D eigenvalue weighted by Crippen LogP contribution is -1.97. The lowest BCUT2D eigenvalue weighted by molar-refractivity contribution is 0.913. The zero-order chi connectivity index (χ0) is 13.1. The van der Waals surface area contributed by atoms with E-state index in [2.05, 4.69) is 72.2 Å². The van der Waals surface area contributed by atoms with E-state index in [4.69, 9.17) is 11.6 Å². The van der Waals surface area contributed by atoms with Crippen LogP contribution in [-0.2, 0) is 6.42 Å². The van der Waals surface area contributed by atoms with Gasteiger partial charge in [0.15, 0.2) is 0 Å². The van der Waals surface area contributed by atoms with Crippen molar-refractivity contribution < 1.29 is 0 Å². The van der Waals surface area contributed by atoms with E-state index in [1.807, 2.05) is 0 Å². The van der Waals surface area contributed by atoms with Crippen LogP contribution in [0.15, 0.2) is 46.9 Å². The van der Waals surface area contributed by atoms with Gasteiger partial charge in [-0.15, -0.1) is 11.6 Å². The molecule has 0 fully saturated rings. The Labute approximate surface area is 122 Å². The van der Waals surface area contributed by atoms with Crippen molar-refractivity contribution in [2.24, 2.45) is 0 Å². The van der Waals surface area contributed by atoms with E-state index < -0.39 is 0 Å². The Morgan fingerprint density at radius 2 is 1.61 bits per heavy atom. The first kappa shape index (κ1) is 13.6. The summed E-state index contributed by atoms with van der Waals surface area (Å²) < 4.78 is 1.09. The molecule has 1 unspecified atom stereocenters. The number of hydrogen-bond acceptors (Lipinski definition) is 0. The molecule has 0 spiro atoms. The minimum absolute atomic E-state index is 0.00248. The number of alkyl halides is 1. The summed E-state index contributed by atoms with van der Waals surface area (Å²) in [6.07, 6.45) is 0.851. The smallest absolute Gasteiger partial charge is 0.0636 e. The van der Waals surface area contributed by atoms with Crippen LogP contribution in [-0.4, -0.2) is 0 Å². The maximum absolute atomic E-state index is 6.51. The van der Waals surface area contributed by atoms with Crippen molar-refractivity contribution in [3.8, 4) is 0 Å². The summed E-state index contributed by atoms with van der Waals surface area (Å²) in [4.78, 5) is 0. The van der Waals surface area contributed by atoms with E-state index in [0.29, 0.717) is 0 Å². The van der Waals surface area contributed by atoms with Crippen molar-refractivity contribution in [2.75, 3.05) is 0 Å². The van der Waals surface area contributed by atoms with Crippen LogP contribution in [0, 0.1) is 13.8 Å². The number of benzene rings is 2. The van der Waals surface area contributed by atoms with E-state index in [0.717, 1.165) is 16.5 Å². The maximum Gasteiger partial charge on any atom is 0.0636 e. The molecule has 2 aromatic rings. The van der Waals surface area contributed by atoms with Crippen molar-refractivity contribution in [3.63, 3.8) is 0 Å². The molecule has 2 heteroatoms. The second-order valence-corrected chi connectivity index (χ2v) is 6.06. The van der Waals surface area contributed by atoms with Gasteiger partial charge in [-0.3, -0.25) is 0 Å². The first-order valence-corrected chi connectivity index (χ1v) is 7.25. The fourth-order valence-electron chi connectivity index (χ4n) is 1.93. The van der Waals surface area contributed by atoms with E-state index in [1.54, 1.807) is 0 Å². The third kappa shape index (κ3) is 3.37. The lowest BCUT2D eigenvalue weighted by Gasteiger charge is -2.13. The summed E-state index contributed by atoms with van der Waals surface area (Å²) in [5.74, 6) is 0. The predicted molar refractivity (Wildman–Crippen MR) is 82.4 cm³/mol. The van der Waals surface area contributed by atoms with Gasteiger partial charge in [0.2, 0.25) is 0 Å². The summed E-state index contributed by atoms with van der Waals surface area (Å²) in [5.41, 5.74) is 4.95. The molecule has 0 aliphatic rings. The van der Waals surface area contributed by atoms with Crippen molar-refractivity contribution in [1.29, 1.82) is 0 Å². The van der Waals surface area contributed by atoms with Crippen LogP contribution in [0.4, 0.5) is 0 Å². The highest BCUT2D eigenvalue weighted by Crippen LogP contribution is 2.31. The molecule has 18 heavy (non-hydrogen) atoms. The Morgan fingerprint density at radius 1 is 1.00 bits per heavy atom. The Morgan fingerprint density at radius 3 is 2.22 bits per heavy atom. The topological polar surface area (TPSA) is 0 Å².